The highest BCUT2D eigenvalue weighted by atomic mass is 16.5. The van der Waals surface area contributed by atoms with Crippen molar-refractivity contribution >= 4 is 17.8 Å². The summed E-state index contributed by atoms with van der Waals surface area (Å²) in [5.74, 6) is -0.291. The summed E-state index contributed by atoms with van der Waals surface area (Å²) in [5, 5.41) is 14.4. The third kappa shape index (κ3) is 8.46. The van der Waals surface area contributed by atoms with E-state index in [1.807, 2.05) is 0 Å². The van der Waals surface area contributed by atoms with Crippen LogP contribution in [-0.2, 0) is 19.1 Å². The monoisotopic (exact) mass is 422 g/mol. The van der Waals surface area contributed by atoms with Crippen LogP contribution in [0.1, 0.15) is 77.6 Å². The van der Waals surface area contributed by atoms with Crippen LogP contribution in [0, 0.1) is 11.8 Å². The molecular formula is C23H38N2O5. The van der Waals surface area contributed by atoms with Crippen molar-refractivity contribution in [3.8, 4) is 0 Å². The normalized spacial score (nSPS) is 25.0. The van der Waals surface area contributed by atoms with Crippen LogP contribution in [0.15, 0.2) is 12.2 Å². The van der Waals surface area contributed by atoms with E-state index in [0.29, 0.717) is 31.2 Å². The lowest BCUT2D eigenvalue weighted by molar-refractivity contribution is -0.137. The Hall–Kier alpha value is -1.89. The molecule has 3 N–H and O–H groups in total. The van der Waals surface area contributed by atoms with Crippen molar-refractivity contribution in [2.45, 2.75) is 89.8 Å². The van der Waals surface area contributed by atoms with Crippen LogP contribution in [0.25, 0.3) is 0 Å². The maximum atomic E-state index is 12.2. The maximum Gasteiger partial charge on any atom is 0.303 e. The molecule has 2 aliphatic rings. The first-order valence-corrected chi connectivity index (χ1v) is 11.6. The number of nitrogens with one attached hydrogen (secondary N) is 2. The summed E-state index contributed by atoms with van der Waals surface area (Å²) in [6, 6.07) is 0. The van der Waals surface area contributed by atoms with E-state index >= 15 is 0 Å². The van der Waals surface area contributed by atoms with Gasteiger partial charge in [-0.05, 0) is 44.4 Å². The number of fused-ring (bicyclic) bond motifs is 2. The number of rotatable bonds is 15. The molecule has 7 heteroatoms. The number of carboxylic acids is 1. The molecule has 30 heavy (non-hydrogen) atoms. The summed E-state index contributed by atoms with van der Waals surface area (Å²) in [7, 11) is 0. The molecule has 0 radical (unpaired) electrons. The van der Waals surface area contributed by atoms with Gasteiger partial charge in [0.1, 0.15) is 0 Å². The van der Waals surface area contributed by atoms with Crippen molar-refractivity contribution in [2.24, 2.45) is 11.8 Å². The number of ether oxygens (including phenoxy) is 1. The Morgan fingerprint density at radius 2 is 1.70 bits per heavy atom. The minimum absolute atomic E-state index is 0.0302. The van der Waals surface area contributed by atoms with E-state index in [9.17, 15) is 14.4 Å². The van der Waals surface area contributed by atoms with Crippen molar-refractivity contribution < 1.29 is 24.2 Å². The topological polar surface area (TPSA) is 105 Å². The number of allylic oxidation sites excluding steroid dienone is 2. The zero-order valence-corrected chi connectivity index (χ0v) is 18.2. The number of carboxylic acid groups (broad SMARTS) is 1. The molecule has 0 saturated carbocycles. The van der Waals surface area contributed by atoms with Crippen molar-refractivity contribution in [3.63, 3.8) is 0 Å². The first-order chi connectivity index (χ1) is 14.5. The third-order valence-corrected chi connectivity index (χ3v) is 6.17. The Morgan fingerprint density at radius 3 is 2.43 bits per heavy atom. The number of hydrogen-bond donors (Lipinski definition) is 3. The van der Waals surface area contributed by atoms with Gasteiger partial charge in [0.2, 0.25) is 11.8 Å². The number of hydrogen-bond acceptors (Lipinski definition) is 4. The number of carbonyl (C=O) groups excluding carboxylic acids is 2. The van der Waals surface area contributed by atoms with Gasteiger partial charge in [0.25, 0.3) is 0 Å². The van der Waals surface area contributed by atoms with Crippen LogP contribution in [0.5, 0.6) is 0 Å². The van der Waals surface area contributed by atoms with Crippen molar-refractivity contribution in [1.82, 2.24) is 10.6 Å². The Balaban J connectivity index is 1.66. The van der Waals surface area contributed by atoms with Gasteiger partial charge in [-0.15, -0.1) is 0 Å². The van der Waals surface area contributed by atoms with E-state index in [4.69, 9.17) is 9.84 Å². The Labute approximate surface area is 180 Å². The minimum atomic E-state index is -0.756. The van der Waals surface area contributed by atoms with Gasteiger partial charge in [-0.2, -0.15) is 0 Å². The van der Waals surface area contributed by atoms with Crippen LogP contribution >= 0.6 is 0 Å². The fraction of sp³-hybridized carbons (Fsp3) is 0.783. The summed E-state index contributed by atoms with van der Waals surface area (Å²) in [5.41, 5.74) is 0. The smallest absolute Gasteiger partial charge is 0.303 e. The molecule has 0 spiro atoms. The fourth-order valence-electron chi connectivity index (χ4n) is 4.50. The highest BCUT2D eigenvalue weighted by Crippen LogP contribution is 2.44. The molecule has 170 valence electrons. The number of carbonyl (C=O) groups is 3. The standard InChI is InChI=1S/C23H38N2O5/c1-2-3-4-8-11-21(26)25-16-22(27)24-15-18-17(19-13-14-20(18)30-19)10-7-5-6-9-12-23(28)29/h5,7,17-20H,2-4,6,8-16H2,1H3,(H,24,27)(H,25,26)(H,28,29)/t17-,18+,19-,20?/m1/s1. The van der Waals surface area contributed by atoms with Gasteiger partial charge in [0.15, 0.2) is 0 Å². The highest BCUT2D eigenvalue weighted by Gasteiger charge is 2.47. The molecule has 2 saturated heterocycles. The van der Waals surface area contributed by atoms with Crippen LogP contribution in [0.2, 0.25) is 0 Å². The highest BCUT2D eigenvalue weighted by molar-refractivity contribution is 5.84. The van der Waals surface area contributed by atoms with E-state index in [-0.39, 0.29) is 37.0 Å². The van der Waals surface area contributed by atoms with E-state index in [1.54, 1.807) is 0 Å². The molecular weight excluding hydrogens is 384 g/mol. The van der Waals surface area contributed by atoms with Crippen molar-refractivity contribution in [2.75, 3.05) is 13.1 Å². The lowest BCUT2D eigenvalue weighted by Crippen LogP contribution is -2.42. The van der Waals surface area contributed by atoms with E-state index in [1.165, 1.54) is 0 Å². The Morgan fingerprint density at radius 1 is 0.933 bits per heavy atom. The Bertz CT molecular complexity index is 592. The van der Waals surface area contributed by atoms with Crippen molar-refractivity contribution in [1.29, 1.82) is 0 Å². The first-order valence-electron chi connectivity index (χ1n) is 11.6. The summed E-state index contributed by atoms with van der Waals surface area (Å²) < 4.78 is 6.07. The molecule has 2 rings (SSSR count). The second kappa shape index (κ2) is 13.4. The molecule has 0 aromatic heterocycles. The van der Waals surface area contributed by atoms with Crippen LogP contribution in [0.4, 0.5) is 0 Å². The van der Waals surface area contributed by atoms with E-state index in [2.05, 4.69) is 29.7 Å². The quantitative estimate of drug-likeness (QED) is 0.278. The molecule has 2 aliphatic heterocycles. The predicted molar refractivity (Wildman–Crippen MR) is 115 cm³/mol. The molecule has 0 aliphatic carbocycles. The summed E-state index contributed by atoms with van der Waals surface area (Å²) >= 11 is 0. The number of amides is 2. The maximum absolute atomic E-state index is 12.2. The zero-order chi connectivity index (χ0) is 21.8. The predicted octanol–water partition coefficient (Wildman–Crippen LogP) is 3.18. The van der Waals surface area contributed by atoms with Gasteiger partial charge in [-0.3, -0.25) is 14.4 Å². The van der Waals surface area contributed by atoms with Gasteiger partial charge in [0, 0.05) is 25.3 Å². The van der Waals surface area contributed by atoms with Crippen LogP contribution < -0.4 is 10.6 Å². The summed E-state index contributed by atoms with van der Waals surface area (Å²) in [4.78, 5) is 34.5. The van der Waals surface area contributed by atoms with Gasteiger partial charge < -0.3 is 20.5 Å². The van der Waals surface area contributed by atoms with E-state index < -0.39 is 5.97 Å². The summed E-state index contributed by atoms with van der Waals surface area (Å²) in [6.45, 7) is 2.74. The third-order valence-electron chi connectivity index (χ3n) is 6.17. The minimum Gasteiger partial charge on any atom is -0.481 e. The fourth-order valence-corrected chi connectivity index (χ4v) is 4.50. The second-order valence-corrected chi connectivity index (χ2v) is 8.50. The second-order valence-electron chi connectivity index (χ2n) is 8.50. The van der Waals surface area contributed by atoms with Gasteiger partial charge in [-0.1, -0.05) is 38.3 Å². The van der Waals surface area contributed by atoms with Crippen molar-refractivity contribution in [3.05, 3.63) is 12.2 Å². The number of aliphatic carboxylic acids is 1. The SMILES string of the molecule is CCCCCCC(=O)NCC(=O)NC[C@@H]1C2CC[C@@H](O2)[C@@H]1CC=CCCCC(=O)O. The molecule has 2 bridgehead atoms. The lowest BCUT2D eigenvalue weighted by Gasteiger charge is -2.27. The first kappa shape index (κ1) is 24.4. The molecule has 4 atom stereocenters. The van der Waals surface area contributed by atoms with Crippen LogP contribution in [-0.4, -0.2) is 48.2 Å². The lowest BCUT2D eigenvalue weighted by atomic mass is 9.77. The van der Waals surface area contributed by atoms with Gasteiger partial charge in [-0.25, -0.2) is 0 Å². The number of unbranched alkanes of at least 4 members (excludes halogenated alkanes) is 4. The average molecular weight is 423 g/mol. The molecule has 1 unspecified atom stereocenters. The largest absolute Gasteiger partial charge is 0.481 e. The molecule has 2 heterocycles. The molecule has 2 amide bonds. The zero-order valence-electron chi connectivity index (χ0n) is 18.2. The Kier molecular flexibility index (Phi) is 10.9. The molecule has 0 aromatic carbocycles. The average Bonchev–Trinajstić information content (AvgIpc) is 3.32. The molecule has 2 fully saturated rings. The van der Waals surface area contributed by atoms with Crippen LogP contribution in [0.3, 0.4) is 0 Å². The molecule has 0 aromatic rings. The van der Waals surface area contributed by atoms with Gasteiger partial charge in [0.05, 0.1) is 18.8 Å². The van der Waals surface area contributed by atoms with E-state index in [0.717, 1.165) is 51.4 Å². The molecule has 7 nitrogen and oxygen atoms in total. The van der Waals surface area contributed by atoms with Gasteiger partial charge >= 0.3 is 5.97 Å². The summed E-state index contributed by atoms with van der Waals surface area (Å²) in [6.07, 6.45) is 13.9.